The molecule has 76 valence electrons. The van der Waals surface area contributed by atoms with Crippen LogP contribution in [0.5, 0.6) is 0 Å². The smallest absolute Gasteiger partial charge is 0.122 e. The first-order valence-electron chi connectivity index (χ1n) is 5.25. The number of rotatable bonds is 1. The number of allylic oxidation sites excluding steroid dienone is 1. The normalized spacial score (nSPS) is 44.4. The van der Waals surface area contributed by atoms with Gasteiger partial charge in [-0.15, -0.1) is 0 Å². The highest BCUT2D eigenvalue weighted by atomic mass is 16.6. The van der Waals surface area contributed by atoms with Crippen LogP contribution < -0.4 is 0 Å². The zero-order valence-corrected chi connectivity index (χ0v) is 9.13. The molecule has 1 saturated heterocycles. The summed E-state index contributed by atoms with van der Waals surface area (Å²) in [6.07, 6.45) is 7.06. The molecule has 14 heavy (non-hydrogen) atoms. The van der Waals surface area contributed by atoms with Crippen molar-refractivity contribution in [3.8, 4) is 6.07 Å². The van der Waals surface area contributed by atoms with Crippen LogP contribution in [0.2, 0.25) is 0 Å². The molecule has 0 bridgehead atoms. The lowest BCUT2D eigenvalue weighted by atomic mass is 9.64. The summed E-state index contributed by atoms with van der Waals surface area (Å²) in [7, 11) is 0. The molecule has 1 aliphatic heterocycles. The maximum atomic E-state index is 8.59. The lowest BCUT2D eigenvalue weighted by molar-refractivity contribution is 0.166. The molecule has 1 aliphatic carbocycles. The molecule has 0 aromatic heterocycles. The fourth-order valence-corrected chi connectivity index (χ4v) is 3.06. The standard InChI is InChI=1S/C12H17NO/c1-10(2)6-4-7-11(3)12(10,14-11)8-5-9-13/h5,8H,4,6-7H2,1-3H3/b8-5+. The van der Waals surface area contributed by atoms with Gasteiger partial charge in [0.1, 0.15) is 5.60 Å². The number of hydrogen-bond donors (Lipinski definition) is 0. The van der Waals surface area contributed by atoms with Crippen molar-refractivity contribution < 1.29 is 4.74 Å². The van der Waals surface area contributed by atoms with Gasteiger partial charge in [0.2, 0.25) is 0 Å². The van der Waals surface area contributed by atoms with E-state index in [1.54, 1.807) is 6.08 Å². The summed E-state index contributed by atoms with van der Waals surface area (Å²) in [4.78, 5) is 0. The third-order valence-electron chi connectivity index (χ3n) is 3.98. The summed E-state index contributed by atoms with van der Waals surface area (Å²) < 4.78 is 5.93. The summed E-state index contributed by atoms with van der Waals surface area (Å²) in [5, 5.41) is 8.59. The minimum Gasteiger partial charge on any atom is -0.358 e. The number of fused-ring (bicyclic) bond motifs is 1. The number of nitriles is 1. The summed E-state index contributed by atoms with van der Waals surface area (Å²) in [5.74, 6) is 0. The Bertz CT molecular complexity index is 326. The predicted octanol–water partition coefficient (Wildman–Crippen LogP) is 2.80. The molecule has 0 spiro atoms. The van der Waals surface area contributed by atoms with Crippen molar-refractivity contribution >= 4 is 0 Å². The van der Waals surface area contributed by atoms with Gasteiger partial charge < -0.3 is 4.74 Å². The zero-order valence-electron chi connectivity index (χ0n) is 9.13. The van der Waals surface area contributed by atoms with Crippen LogP contribution in [0.15, 0.2) is 12.2 Å². The van der Waals surface area contributed by atoms with Crippen molar-refractivity contribution in [2.75, 3.05) is 0 Å². The molecular formula is C12H17NO. The fraction of sp³-hybridized carbons (Fsp3) is 0.750. The van der Waals surface area contributed by atoms with Crippen LogP contribution in [0.3, 0.4) is 0 Å². The lowest BCUT2D eigenvalue weighted by Crippen LogP contribution is -2.41. The quantitative estimate of drug-likeness (QED) is 0.472. The molecule has 2 rings (SSSR count). The lowest BCUT2D eigenvalue weighted by Gasteiger charge is -2.36. The summed E-state index contributed by atoms with van der Waals surface area (Å²) in [6, 6.07) is 2.06. The average Bonchev–Trinajstić information content (AvgIpc) is 2.70. The van der Waals surface area contributed by atoms with Crippen LogP contribution >= 0.6 is 0 Å². The highest BCUT2D eigenvalue weighted by molar-refractivity contribution is 5.32. The Balaban J connectivity index is 2.33. The van der Waals surface area contributed by atoms with Gasteiger partial charge in [0.05, 0.1) is 11.7 Å². The Labute approximate surface area is 85.6 Å². The Kier molecular flexibility index (Phi) is 1.81. The van der Waals surface area contributed by atoms with Crippen molar-refractivity contribution in [3.63, 3.8) is 0 Å². The molecular weight excluding hydrogens is 174 g/mol. The second kappa shape index (κ2) is 2.61. The first kappa shape index (κ1) is 9.73. The highest BCUT2D eigenvalue weighted by Gasteiger charge is 2.73. The molecule has 2 fully saturated rings. The molecule has 0 amide bonds. The van der Waals surface area contributed by atoms with Crippen molar-refractivity contribution in [1.82, 2.24) is 0 Å². The van der Waals surface area contributed by atoms with Crippen LogP contribution in [-0.2, 0) is 4.74 Å². The number of hydrogen-bond acceptors (Lipinski definition) is 2. The first-order valence-corrected chi connectivity index (χ1v) is 5.25. The molecule has 2 nitrogen and oxygen atoms in total. The van der Waals surface area contributed by atoms with E-state index >= 15 is 0 Å². The number of ether oxygens (including phenoxy) is 1. The largest absolute Gasteiger partial charge is 0.358 e. The Hall–Kier alpha value is -0.810. The van der Waals surface area contributed by atoms with Crippen LogP contribution in [0.1, 0.15) is 40.0 Å². The maximum Gasteiger partial charge on any atom is 0.122 e. The SMILES string of the molecule is CC1(C)CCCC2(C)OC12/C=C/C#N. The summed E-state index contributed by atoms with van der Waals surface area (Å²) in [5.41, 5.74) is -0.0244. The molecule has 2 heteroatoms. The Morgan fingerprint density at radius 2 is 2.00 bits per heavy atom. The molecule has 2 aliphatic rings. The summed E-state index contributed by atoms with van der Waals surface area (Å²) in [6.45, 7) is 6.63. The molecule has 2 atom stereocenters. The van der Waals surface area contributed by atoms with Gasteiger partial charge in [0.25, 0.3) is 0 Å². The van der Waals surface area contributed by atoms with Gasteiger partial charge in [-0.1, -0.05) is 13.8 Å². The monoisotopic (exact) mass is 191 g/mol. The second-order valence-electron chi connectivity index (χ2n) is 5.27. The first-order chi connectivity index (χ1) is 6.47. The minimum absolute atomic E-state index is 0.0118. The van der Waals surface area contributed by atoms with Crippen LogP contribution in [0.4, 0.5) is 0 Å². The van der Waals surface area contributed by atoms with E-state index in [-0.39, 0.29) is 16.6 Å². The molecule has 0 aromatic rings. The maximum absolute atomic E-state index is 8.59. The molecule has 2 unspecified atom stereocenters. The van der Waals surface area contributed by atoms with Gasteiger partial charge in [0, 0.05) is 11.5 Å². The fourth-order valence-electron chi connectivity index (χ4n) is 3.06. The average molecular weight is 191 g/mol. The molecule has 0 N–H and O–H groups in total. The van der Waals surface area contributed by atoms with Crippen molar-refractivity contribution in [2.45, 2.75) is 51.2 Å². The van der Waals surface area contributed by atoms with Crippen molar-refractivity contribution in [3.05, 3.63) is 12.2 Å². The van der Waals surface area contributed by atoms with Gasteiger partial charge in [-0.2, -0.15) is 5.26 Å². The van der Waals surface area contributed by atoms with Crippen LogP contribution in [-0.4, -0.2) is 11.2 Å². The van der Waals surface area contributed by atoms with Gasteiger partial charge in [-0.25, -0.2) is 0 Å². The van der Waals surface area contributed by atoms with Crippen LogP contribution in [0.25, 0.3) is 0 Å². The Morgan fingerprint density at radius 3 is 2.57 bits per heavy atom. The van der Waals surface area contributed by atoms with E-state index in [4.69, 9.17) is 10.00 Å². The van der Waals surface area contributed by atoms with Gasteiger partial charge in [-0.05, 0) is 32.3 Å². The van der Waals surface area contributed by atoms with E-state index in [0.29, 0.717) is 0 Å². The van der Waals surface area contributed by atoms with E-state index in [1.165, 1.54) is 12.8 Å². The van der Waals surface area contributed by atoms with E-state index in [0.717, 1.165) is 6.42 Å². The molecule has 0 aromatic carbocycles. The zero-order chi connectivity index (χ0) is 10.4. The van der Waals surface area contributed by atoms with Gasteiger partial charge >= 0.3 is 0 Å². The summed E-state index contributed by atoms with van der Waals surface area (Å²) >= 11 is 0. The Morgan fingerprint density at radius 1 is 1.29 bits per heavy atom. The minimum atomic E-state index is -0.173. The molecule has 0 radical (unpaired) electrons. The number of nitrogens with zero attached hydrogens (tertiary/aromatic N) is 1. The van der Waals surface area contributed by atoms with Crippen molar-refractivity contribution in [1.29, 1.82) is 5.26 Å². The van der Waals surface area contributed by atoms with Crippen LogP contribution in [0, 0.1) is 16.7 Å². The molecule has 1 heterocycles. The van der Waals surface area contributed by atoms with E-state index in [2.05, 4.69) is 26.8 Å². The van der Waals surface area contributed by atoms with E-state index in [9.17, 15) is 0 Å². The number of epoxide rings is 1. The van der Waals surface area contributed by atoms with E-state index < -0.39 is 0 Å². The topological polar surface area (TPSA) is 36.3 Å². The third kappa shape index (κ3) is 0.994. The van der Waals surface area contributed by atoms with Gasteiger partial charge in [-0.3, -0.25) is 0 Å². The predicted molar refractivity (Wildman–Crippen MR) is 54.6 cm³/mol. The molecule has 1 saturated carbocycles. The third-order valence-corrected chi connectivity index (χ3v) is 3.98. The highest BCUT2D eigenvalue weighted by Crippen LogP contribution is 2.65. The van der Waals surface area contributed by atoms with Crippen molar-refractivity contribution in [2.24, 2.45) is 5.41 Å². The van der Waals surface area contributed by atoms with Gasteiger partial charge in [0.15, 0.2) is 0 Å². The van der Waals surface area contributed by atoms with E-state index in [1.807, 2.05) is 6.08 Å². The second-order valence-corrected chi connectivity index (χ2v) is 5.27.